The van der Waals surface area contributed by atoms with Crippen molar-refractivity contribution in [1.82, 2.24) is 0 Å². The Morgan fingerprint density at radius 1 is 1.11 bits per heavy atom. The summed E-state index contributed by atoms with van der Waals surface area (Å²) in [6.45, 7) is 2.00. The zero-order valence-corrected chi connectivity index (χ0v) is 11.2. The second-order valence-corrected chi connectivity index (χ2v) is 5.44. The molecule has 0 bridgehead atoms. The van der Waals surface area contributed by atoms with Crippen LogP contribution >= 0.6 is 11.3 Å². The highest BCUT2D eigenvalue weighted by molar-refractivity contribution is 7.17. The van der Waals surface area contributed by atoms with Gasteiger partial charge in [0.25, 0.3) is 0 Å². The molecular weight excluding hydrogens is 256 g/mol. The van der Waals surface area contributed by atoms with E-state index in [2.05, 4.69) is 0 Å². The molecule has 0 aliphatic carbocycles. The van der Waals surface area contributed by atoms with Crippen molar-refractivity contribution in [3.05, 3.63) is 64.5 Å². The number of ketones is 1. The molecule has 1 heterocycles. The fraction of sp³-hybridized carbons (Fsp3) is 0.0625. The van der Waals surface area contributed by atoms with E-state index in [1.807, 2.05) is 36.6 Å². The number of rotatable bonds is 2. The number of hydrogen-bond acceptors (Lipinski definition) is 3. The Morgan fingerprint density at radius 3 is 2.58 bits per heavy atom. The zero-order chi connectivity index (χ0) is 13.4. The fourth-order valence-electron chi connectivity index (χ4n) is 2.05. The van der Waals surface area contributed by atoms with Gasteiger partial charge in [0.05, 0.1) is 0 Å². The van der Waals surface area contributed by atoms with Crippen molar-refractivity contribution in [2.45, 2.75) is 6.92 Å². The molecule has 3 aromatic rings. The van der Waals surface area contributed by atoms with Gasteiger partial charge in [-0.25, -0.2) is 0 Å². The number of thiophene rings is 1. The highest BCUT2D eigenvalue weighted by Crippen LogP contribution is 2.30. The Bertz CT molecular complexity index is 754. The van der Waals surface area contributed by atoms with Crippen LogP contribution in [0, 0.1) is 6.92 Å². The van der Waals surface area contributed by atoms with Crippen molar-refractivity contribution in [3.63, 3.8) is 0 Å². The molecule has 0 aliphatic rings. The molecule has 3 heteroatoms. The minimum Gasteiger partial charge on any atom is -0.508 e. The van der Waals surface area contributed by atoms with Crippen molar-refractivity contribution in [2.75, 3.05) is 0 Å². The number of carbonyl (C=O) groups excluding carboxylic acids is 1. The predicted molar refractivity (Wildman–Crippen MR) is 78.1 cm³/mol. The van der Waals surface area contributed by atoms with Gasteiger partial charge in [-0.05, 0) is 25.1 Å². The van der Waals surface area contributed by atoms with Crippen molar-refractivity contribution < 1.29 is 9.90 Å². The first-order valence-corrected chi connectivity index (χ1v) is 6.85. The van der Waals surface area contributed by atoms with Gasteiger partial charge in [-0.1, -0.05) is 29.8 Å². The summed E-state index contributed by atoms with van der Waals surface area (Å²) in [7, 11) is 0. The molecular formula is C16H12O2S. The van der Waals surface area contributed by atoms with Crippen molar-refractivity contribution in [1.29, 1.82) is 0 Å². The lowest BCUT2D eigenvalue weighted by Crippen LogP contribution is -1.99. The second-order valence-electron chi connectivity index (χ2n) is 4.52. The van der Waals surface area contributed by atoms with E-state index in [1.54, 1.807) is 18.2 Å². The standard InChI is InChI=1S/C16H12O2S/c1-10-2-4-11(5-3-10)16(18)14-9-19-15-8-12(17)6-7-13(14)15/h2-9,17H,1H3. The summed E-state index contributed by atoms with van der Waals surface area (Å²) < 4.78 is 0.926. The van der Waals surface area contributed by atoms with Gasteiger partial charge in [0.2, 0.25) is 0 Å². The topological polar surface area (TPSA) is 37.3 Å². The van der Waals surface area contributed by atoms with Crippen LogP contribution in [-0.4, -0.2) is 10.9 Å². The summed E-state index contributed by atoms with van der Waals surface area (Å²) in [4.78, 5) is 12.5. The van der Waals surface area contributed by atoms with Crippen LogP contribution < -0.4 is 0 Å². The molecule has 0 saturated heterocycles. The summed E-state index contributed by atoms with van der Waals surface area (Å²) >= 11 is 1.47. The first-order valence-electron chi connectivity index (χ1n) is 5.97. The lowest BCUT2D eigenvalue weighted by atomic mass is 10.0. The van der Waals surface area contributed by atoms with E-state index < -0.39 is 0 Å². The number of aromatic hydroxyl groups is 1. The number of hydrogen-bond donors (Lipinski definition) is 1. The van der Waals surface area contributed by atoms with E-state index in [9.17, 15) is 9.90 Å². The second kappa shape index (κ2) is 4.52. The summed E-state index contributed by atoms with van der Waals surface area (Å²) in [6.07, 6.45) is 0. The van der Waals surface area contributed by atoms with Gasteiger partial charge in [0.1, 0.15) is 5.75 Å². The smallest absolute Gasteiger partial charge is 0.194 e. The van der Waals surface area contributed by atoms with Gasteiger partial charge in [0, 0.05) is 26.6 Å². The molecule has 0 fully saturated rings. The molecule has 0 unspecified atom stereocenters. The van der Waals surface area contributed by atoms with Crippen molar-refractivity contribution in [3.8, 4) is 5.75 Å². The highest BCUT2D eigenvalue weighted by atomic mass is 32.1. The molecule has 0 atom stereocenters. The van der Waals surface area contributed by atoms with Crippen LogP contribution in [0.15, 0.2) is 47.8 Å². The van der Waals surface area contributed by atoms with Gasteiger partial charge in [-0.3, -0.25) is 4.79 Å². The molecule has 0 aliphatic heterocycles. The van der Waals surface area contributed by atoms with Crippen molar-refractivity contribution in [2.24, 2.45) is 0 Å². The minimum absolute atomic E-state index is 0.0249. The zero-order valence-electron chi connectivity index (χ0n) is 10.4. The number of phenolic OH excluding ortho intramolecular Hbond substituents is 1. The summed E-state index contributed by atoms with van der Waals surface area (Å²) in [6, 6.07) is 12.7. The molecule has 2 aromatic carbocycles. The normalized spacial score (nSPS) is 10.8. The third-order valence-corrected chi connectivity index (χ3v) is 4.06. The maximum absolute atomic E-state index is 12.5. The lowest BCUT2D eigenvalue weighted by molar-refractivity contribution is 0.104. The van der Waals surface area contributed by atoms with Gasteiger partial charge >= 0.3 is 0 Å². The Kier molecular flexibility index (Phi) is 2.84. The molecule has 19 heavy (non-hydrogen) atoms. The van der Waals surface area contributed by atoms with Gasteiger partial charge in [-0.15, -0.1) is 11.3 Å². The summed E-state index contributed by atoms with van der Waals surface area (Å²) in [5.74, 6) is 0.251. The SMILES string of the molecule is Cc1ccc(C(=O)c2csc3cc(O)ccc23)cc1. The molecule has 1 N–H and O–H groups in total. The number of carbonyl (C=O) groups is 1. The molecule has 0 radical (unpaired) electrons. The van der Waals surface area contributed by atoms with Gasteiger partial charge < -0.3 is 5.11 Å². The third kappa shape index (κ3) is 2.13. The molecule has 1 aromatic heterocycles. The van der Waals surface area contributed by atoms with Crippen molar-refractivity contribution >= 4 is 27.2 Å². The number of fused-ring (bicyclic) bond motifs is 1. The molecule has 0 spiro atoms. The summed E-state index contributed by atoms with van der Waals surface area (Å²) in [5.41, 5.74) is 2.53. The van der Waals surface area contributed by atoms with E-state index in [0.717, 1.165) is 15.6 Å². The first kappa shape index (κ1) is 11.9. The number of benzene rings is 2. The first-order chi connectivity index (χ1) is 9.15. The Morgan fingerprint density at radius 2 is 1.84 bits per heavy atom. The molecule has 94 valence electrons. The minimum atomic E-state index is 0.0249. The fourth-order valence-corrected chi connectivity index (χ4v) is 3.03. The molecule has 2 nitrogen and oxygen atoms in total. The van der Waals surface area contributed by atoms with E-state index in [-0.39, 0.29) is 11.5 Å². The van der Waals surface area contributed by atoms with Crippen LogP contribution in [0.2, 0.25) is 0 Å². The Balaban J connectivity index is 2.09. The average molecular weight is 268 g/mol. The predicted octanol–water partition coefficient (Wildman–Crippen LogP) is 4.15. The summed E-state index contributed by atoms with van der Waals surface area (Å²) in [5, 5.41) is 12.2. The van der Waals surface area contributed by atoms with Crippen LogP contribution in [0.25, 0.3) is 10.1 Å². The Labute approximate surface area is 114 Å². The monoisotopic (exact) mass is 268 g/mol. The quantitative estimate of drug-likeness (QED) is 0.709. The van der Waals surface area contributed by atoms with Crippen LogP contribution in [0.4, 0.5) is 0 Å². The maximum Gasteiger partial charge on any atom is 0.194 e. The largest absolute Gasteiger partial charge is 0.508 e. The molecule has 0 saturated carbocycles. The van der Waals surface area contributed by atoms with Gasteiger partial charge in [-0.2, -0.15) is 0 Å². The lowest BCUT2D eigenvalue weighted by Gasteiger charge is -2.01. The Hall–Kier alpha value is -2.13. The number of aryl methyl sites for hydroxylation is 1. The van der Waals surface area contributed by atoms with Gasteiger partial charge in [0.15, 0.2) is 5.78 Å². The van der Waals surface area contributed by atoms with Crippen LogP contribution in [0.5, 0.6) is 5.75 Å². The molecule has 0 amide bonds. The van der Waals surface area contributed by atoms with Crippen LogP contribution in [-0.2, 0) is 0 Å². The average Bonchev–Trinajstić information content (AvgIpc) is 2.81. The van der Waals surface area contributed by atoms with E-state index in [1.165, 1.54) is 11.3 Å². The van der Waals surface area contributed by atoms with Crippen LogP contribution in [0.3, 0.4) is 0 Å². The van der Waals surface area contributed by atoms with E-state index in [4.69, 9.17) is 0 Å². The maximum atomic E-state index is 12.5. The molecule has 3 rings (SSSR count). The highest BCUT2D eigenvalue weighted by Gasteiger charge is 2.14. The van der Waals surface area contributed by atoms with E-state index in [0.29, 0.717) is 11.1 Å². The number of phenols is 1. The third-order valence-electron chi connectivity index (χ3n) is 3.12. The van der Waals surface area contributed by atoms with E-state index >= 15 is 0 Å². The van der Waals surface area contributed by atoms with Crippen LogP contribution in [0.1, 0.15) is 21.5 Å².